The second-order valence-electron chi connectivity index (χ2n) is 7.26. The van der Waals surface area contributed by atoms with Gasteiger partial charge in [-0.2, -0.15) is 0 Å². The molecular formula is C23H26N4O4. The van der Waals surface area contributed by atoms with Crippen molar-refractivity contribution in [3.8, 4) is 11.5 Å². The molecule has 1 aromatic heterocycles. The molecule has 1 fully saturated rings. The lowest BCUT2D eigenvalue weighted by molar-refractivity contribution is -0.119. The standard InChI is InChI=1S/C23H26N4O4/c1-24-23-21(22-25-18-7-4-5-8-19(18)26-22)20(28)9-6-10-31-14-27(23)15-11-16(29-2)13-17(12-15)30-3/h4-5,7-8,11-13,21H,6,9-10,14H2,1-3H3,(H,25,26). The number of nitrogens with zero attached hydrogens (tertiary/aromatic N) is 3. The topological polar surface area (TPSA) is 89.0 Å². The lowest BCUT2D eigenvalue weighted by Crippen LogP contribution is -2.39. The van der Waals surface area contributed by atoms with Gasteiger partial charge in [0.1, 0.15) is 35.8 Å². The summed E-state index contributed by atoms with van der Waals surface area (Å²) >= 11 is 0. The average Bonchev–Trinajstić information content (AvgIpc) is 3.25. The van der Waals surface area contributed by atoms with E-state index in [1.54, 1.807) is 27.3 Å². The summed E-state index contributed by atoms with van der Waals surface area (Å²) in [6.45, 7) is 0.722. The molecule has 0 bridgehead atoms. The Hall–Kier alpha value is -3.39. The first-order valence-corrected chi connectivity index (χ1v) is 10.2. The molecule has 0 aliphatic carbocycles. The number of fused-ring (bicyclic) bond motifs is 1. The van der Waals surface area contributed by atoms with Crippen LogP contribution in [0.5, 0.6) is 11.5 Å². The predicted octanol–water partition coefficient (Wildman–Crippen LogP) is 3.54. The minimum Gasteiger partial charge on any atom is -0.497 e. The third-order valence-electron chi connectivity index (χ3n) is 5.35. The highest BCUT2D eigenvalue weighted by atomic mass is 16.5. The van der Waals surface area contributed by atoms with Crippen molar-refractivity contribution in [1.82, 2.24) is 9.97 Å². The van der Waals surface area contributed by atoms with E-state index < -0.39 is 5.92 Å². The van der Waals surface area contributed by atoms with Crippen LogP contribution < -0.4 is 14.4 Å². The van der Waals surface area contributed by atoms with Gasteiger partial charge in [-0.05, 0) is 18.6 Å². The van der Waals surface area contributed by atoms with Gasteiger partial charge in [0.05, 0.1) is 30.9 Å². The molecule has 0 saturated carbocycles. The van der Waals surface area contributed by atoms with E-state index in [4.69, 9.17) is 19.2 Å². The summed E-state index contributed by atoms with van der Waals surface area (Å²) < 4.78 is 16.7. The van der Waals surface area contributed by atoms with Crippen LogP contribution in [-0.2, 0) is 9.53 Å². The van der Waals surface area contributed by atoms with Gasteiger partial charge in [0.15, 0.2) is 5.78 Å². The zero-order valence-corrected chi connectivity index (χ0v) is 17.9. The van der Waals surface area contributed by atoms with E-state index in [0.717, 1.165) is 16.7 Å². The van der Waals surface area contributed by atoms with Crippen molar-refractivity contribution < 1.29 is 19.0 Å². The van der Waals surface area contributed by atoms with Crippen molar-refractivity contribution in [3.05, 3.63) is 48.3 Å². The number of anilines is 1. The maximum Gasteiger partial charge on any atom is 0.151 e. The molecule has 0 radical (unpaired) electrons. The van der Waals surface area contributed by atoms with Crippen molar-refractivity contribution in [2.75, 3.05) is 39.5 Å². The number of rotatable bonds is 4. The van der Waals surface area contributed by atoms with Crippen molar-refractivity contribution in [2.24, 2.45) is 4.99 Å². The number of carbonyl (C=O) groups is 1. The fourth-order valence-electron chi connectivity index (χ4n) is 3.80. The van der Waals surface area contributed by atoms with Crippen molar-refractivity contribution in [2.45, 2.75) is 18.8 Å². The molecule has 2 aromatic carbocycles. The first kappa shape index (κ1) is 20.9. The van der Waals surface area contributed by atoms with Crippen LogP contribution in [0.4, 0.5) is 5.69 Å². The molecule has 1 N–H and O–H groups in total. The Morgan fingerprint density at radius 3 is 2.58 bits per heavy atom. The van der Waals surface area contributed by atoms with Gasteiger partial charge in [0, 0.05) is 38.3 Å². The zero-order chi connectivity index (χ0) is 21.8. The Kier molecular flexibility index (Phi) is 6.18. The summed E-state index contributed by atoms with van der Waals surface area (Å²) in [5.74, 6) is 1.81. The Labute approximate surface area is 180 Å². The highest BCUT2D eigenvalue weighted by Gasteiger charge is 2.34. The number of aromatic nitrogens is 2. The Balaban J connectivity index is 1.84. The molecule has 3 aromatic rings. The van der Waals surface area contributed by atoms with Crippen molar-refractivity contribution >= 4 is 28.3 Å². The summed E-state index contributed by atoms with van der Waals surface area (Å²) in [6.07, 6.45) is 1.03. The average molecular weight is 422 g/mol. The molecule has 1 aliphatic heterocycles. The van der Waals surface area contributed by atoms with Crippen LogP contribution in [0.15, 0.2) is 47.5 Å². The van der Waals surface area contributed by atoms with Gasteiger partial charge in [-0.1, -0.05) is 12.1 Å². The minimum absolute atomic E-state index is 0.0463. The summed E-state index contributed by atoms with van der Waals surface area (Å²) in [5.41, 5.74) is 2.45. The number of methoxy groups -OCH3 is 2. The number of H-pyrrole nitrogens is 1. The lowest BCUT2D eigenvalue weighted by Gasteiger charge is -2.29. The fourth-order valence-corrected chi connectivity index (χ4v) is 3.80. The van der Waals surface area contributed by atoms with Crippen LogP contribution in [0, 0.1) is 0 Å². The van der Waals surface area contributed by atoms with E-state index >= 15 is 0 Å². The zero-order valence-electron chi connectivity index (χ0n) is 17.9. The molecule has 4 rings (SSSR count). The molecule has 8 nitrogen and oxygen atoms in total. The highest BCUT2D eigenvalue weighted by molar-refractivity contribution is 6.15. The Bertz CT molecular complexity index is 1050. The maximum atomic E-state index is 13.3. The minimum atomic E-state index is -0.642. The van der Waals surface area contributed by atoms with Crippen LogP contribution >= 0.6 is 0 Å². The molecule has 162 valence electrons. The van der Waals surface area contributed by atoms with E-state index in [9.17, 15) is 4.79 Å². The largest absolute Gasteiger partial charge is 0.497 e. The van der Waals surface area contributed by atoms with Gasteiger partial charge in [-0.3, -0.25) is 9.79 Å². The van der Waals surface area contributed by atoms with Gasteiger partial charge in [-0.15, -0.1) is 0 Å². The number of hydrogen-bond donors (Lipinski definition) is 1. The molecule has 0 amide bonds. The van der Waals surface area contributed by atoms with Gasteiger partial charge < -0.3 is 24.1 Å². The molecule has 1 unspecified atom stereocenters. The number of benzene rings is 2. The van der Waals surface area contributed by atoms with E-state index in [2.05, 4.69) is 9.98 Å². The number of aliphatic imine (C=N–C) groups is 1. The smallest absolute Gasteiger partial charge is 0.151 e. The monoisotopic (exact) mass is 422 g/mol. The van der Waals surface area contributed by atoms with E-state index in [1.807, 2.05) is 41.3 Å². The molecule has 1 atom stereocenters. The molecular weight excluding hydrogens is 396 g/mol. The van der Waals surface area contributed by atoms with E-state index in [1.165, 1.54) is 0 Å². The number of imidazole rings is 1. The van der Waals surface area contributed by atoms with Crippen LogP contribution in [0.25, 0.3) is 11.0 Å². The predicted molar refractivity (Wildman–Crippen MR) is 119 cm³/mol. The number of amidine groups is 1. The van der Waals surface area contributed by atoms with Crippen LogP contribution in [0.2, 0.25) is 0 Å². The van der Waals surface area contributed by atoms with Crippen LogP contribution in [-0.4, -0.2) is 56.2 Å². The molecule has 1 saturated heterocycles. The number of Topliss-reactive ketones (excluding diaryl/α,β-unsaturated/α-hetero) is 1. The molecule has 8 heteroatoms. The number of aromatic amines is 1. The third kappa shape index (κ3) is 4.25. The highest BCUT2D eigenvalue weighted by Crippen LogP contribution is 2.32. The SMILES string of the molecule is CN=C1C(c2nc3ccccc3[nH]2)C(=O)CCCOCN1c1cc(OC)cc(OC)c1. The summed E-state index contributed by atoms with van der Waals surface area (Å²) in [6, 6.07) is 13.3. The number of para-hydroxylation sites is 2. The van der Waals surface area contributed by atoms with E-state index in [0.29, 0.717) is 42.6 Å². The normalized spacial score (nSPS) is 19.2. The lowest BCUT2D eigenvalue weighted by atomic mass is 9.97. The third-order valence-corrected chi connectivity index (χ3v) is 5.35. The van der Waals surface area contributed by atoms with Gasteiger partial charge in [0.25, 0.3) is 0 Å². The number of carbonyl (C=O) groups excluding carboxylic acids is 1. The van der Waals surface area contributed by atoms with Crippen molar-refractivity contribution in [3.63, 3.8) is 0 Å². The number of nitrogens with one attached hydrogen (secondary N) is 1. The summed E-state index contributed by atoms with van der Waals surface area (Å²) in [5, 5.41) is 0. The first-order valence-electron chi connectivity index (χ1n) is 10.2. The van der Waals surface area contributed by atoms with Crippen LogP contribution in [0.1, 0.15) is 24.6 Å². The number of ether oxygens (including phenoxy) is 3. The molecule has 0 spiro atoms. The Morgan fingerprint density at radius 2 is 1.90 bits per heavy atom. The van der Waals surface area contributed by atoms with E-state index in [-0.39, 0.29) is 12.5 Å². The first-order chi connectivity index (χ1) is 15.1. The van der Waals surface area contributed by atoms with Gasteiger partial charge in [0.2, 0.25) is 0 Å². The van der Waals surface area contributed by atoms with Crippen molar-refractivity contribution in [1.29, 1.82) is 0 Å². The Morgan fingerprint density at radius 1 is 1.16 bits per heavy atom. The summed E-state index contributed by atoms with van der Waals surface area (Å²) in [7, 11) is 4.88. The number of ketones is 1. The summed E-state index contributed by atoms with van der Waals surface area (Å²) in [4.78, 5) is 27.8. The fraction of sp³-hybridized carbons (Fsp3) is 0.348. The number of hydrogen-bond acceptors (Lipinski definition) is 6. The molecule has 1 aliphatic rings. The molecule has 31 heavy (non-hydrogen) atoms. The van der Waals surface area contributed by atoms with Gasteiger partial charge in [-0.25, -0.2) is 4.98 Å². The maximum absolute atomic E-state index is 13.3. The molecule has 2 heterocycles. The quantitative estimate of drug-likeness (QED) is 0.692. The second-order valence-corrected chi connectivity index (χ2v) is 7.26. The van der Waals surface area contributed by atoms with Gasteiger partial charge >= 0.3 is 0 Å². The second kappa shape index (κ2) is 9.18. The van der Waals surface area contributed by atoms with Crippen LogP contribution in [0.3, 0.4) is 0 Å².